The van der Waals surface area contributed by atoms with Crippen molar-refractivity contribution in [3.63, 3.8) is 0 Å². The minimum atomic E-state index is -4.07. The average molecular weight is 250 g/mol. The van der Waals surface area contributed by atoms with Crippen molar-refractivity contribution >= 4 is 0 Å². The van der Waals surface area contributed by atoms with Gasteiger partial charge < -0.3 is 5.32 Å². The Morgan fingerprint density at radius 3 is 2.47 bits per heavy atom. The van der Waals surface area contributed by atoms with Gasteiger partial charge in [0.25, 0.3) is 0 Å². The van der Waals surface area contributed by atoms with Gasteiger partial charge in [-0.25, -0.2) is 0 Å². The number of alkyl halides is 3. The molecular formula is C12H21F3N2. The molecule has 1 heterocycles. The first-order valence-corrected chi connectivity index (χ1v) is 6.50. The molecule has 1 aliphatic heterocycles. The van der Waals surface area contributed by atoms with Crippen LogP contribution in [0.25, 0.3) is 0 Å². The van der Waals surface area contributed by atoms with E-state index in [-0.39, 0.29) is 11.6 Å². The lowest BCUT2D eigenvalue weighted by Crippen LogP contribution is -2.52. The van der Waals surface area contributed by atoms with Crippen LogP contribution < -0.4 is 5.32 Å². The van der Waals surface area contributed by atoms with Gasteiger partial charge in [-0.05, 0) is 38.6 Å². The lowest BCUT2D eigenvalue weighted by atomic mass is 9.93. The Balaban J connectivity index is 1.96. The molecule has 0 aromatic rings. The molecule has 0 radical (unpaired) electrons. The van der Waals surface area contributed by atoms with Crippen LogP contribution in [-0.2, 0) is 0 Å². The quantitative estimate of drug-likeness (QED) is 0.806. The summed E-state index contributed by atoms with van der Waals surface area (Å²) in [5, 5.41) is 3.41. The monoisotopic (exact) mass is 250 g/mol. The predicted octanol–water partition coefficient (Wildman–Crippen LogP) is 2.55. The summed E-state index contributed by atoms with van der Waals surface area (Å²) in [5.41, 5.74) is -0.0756. The third kappa shape index (κ3) is 3.58. The summed E-state index contributed by atoms with van der Waals surface area (Å²) in [4.78, 5) is 1.64. The molecule has 0 bridgehead atoms. The van der Waals surface area contributed by atoms with Crippen LogP contribution in [0, 0.1) is 0 Å². The standard InChI is InChI=1S/C12H21F3N2/c1-2-11(6-3-7-16-11)8-17(10-4-5-10)9-12(13,14)15/h10,16H,2-9H2,1H3. The summed E-state index contributed by atoms with van der Waals surface area (Å²) in [7, 11) is 0. The molecule has 0 aromatic heterocycles. The largest absolute Gasteiger partial charge is 0.401 e. The van der Waals surface area contributed by atoms with Crippen LogP contribution >= 0.6 is 0 Å². The Bertz CT molecular complexity index is 255. The zero-order valence-electron chi connectivity index (χ0n) is 10.3. The van der Waals surface area contributed by atoms with Crippen LogP contribution in [0.2, 0.25) is 0 Å². The maximum absolute atomic E-state index is 12.5. The van der Waals surface area contributed by atoms with E-state index in [9.17, 15) is 13.2 Å². The molecule has 1 saturated heterocycles. The van der Waals surface area contributed by atoms with Crippen molar-refractivity contribution in [3.05, 3.63) is 0 Å². The Kier molecular flexibility index (Phi) is 3.69. The molecule has 2 aliphatic rings. The molecule has 17 heavy (non-hydrogen) atoms. The number of hydrogen-bond acceptors (Lipinski definition) is 2. The van der Waals surface area contributed by atoms with Crippen LogP contribution in [0.3, 0.4) is 0 Å². The lowest BCUT2D eigenvalue weighted by Gasteiger charge is -2.35. The molecule has 2 rings (SSSR count). The fraction of sp³-hybridized carbons (Fsp3) is 1.00. The summed E-state index contributed by atoms with van der Waals surface area (Å²) >= 11 is 0. The number of nitrogens with zero attached hydrogens (tertiary/aromatic N) is 1. The van der Waals surface area contributed by atoms with Crippen molar-refractivity contribution in [1.82, 2.24) is 10.2 Å². The smallest absolute Gasteiger partial charge is 0.310 e. The number of halogens is 3. The van der Waals surface area contributed by atoms with Crippen molar-refractivity contribution < 1.29 is 13.2 Å². The maximum atomic E-state index is 12.5. The molecule has 1 atom stereocenters. The summed E-state index contributed by atoms with van der Waals surface area (Å²) in [5.74, 6) is 0. The molecule has 0 aromatic carbocycles. The van der Waals surface area contributed by atoms with E-state index in [1.54, 1.807) is 4.90 Å². The van der Waals surface area contributed by atoms with Gasteiger partial charge >= 0.3 is 6.18 Å². The minimum Gasteiger partial charge on any atom is -0.310 e. The van der Waals surface area contributed by atoms with Crippen molar-refractivity contribution in [2.45, 2.75) is 56.8 Å². The normalized spacial score (nSPS) is 30.2. The molecule has 1 aliphatic carbocycles. The first-order valence-electron chi connectivity index (χ1n) is 6.50. The molecule has 0 spiro atoms. The van der Waals surface area contributed by atoms with E-state index in [0.717, 1.165) is 38.6 Å². The van der Waals surface area contributed by atoms with E-state index in [0.29, 0.717) is 6.54 Å². The van der Waals surface area contributed by atoms with Crippen molar-refractivity contribution in [3.8, 4) is 0 Å². The second kappa shape index (κ2) is 4.76. The van der Waals surface area contributed by atoms with E-state index in [1.807, 2.05) is 0 Å². The van der Waals surface area contributed by atoms with Crippen molar-refractivity contribution in [2.75, 3.05) is 19.6 Å². The van der Waals surface area contributed by atoms with Gasteiger partial charge in [0.1, 0.15) is 0 Å². The molecule has 1 unspecified atom stereocenters. The van der Waals surface area contributed by atoms with Gasteiger partial charge in [-0.2, -0.15) is 13.2 Å². The van der Waals surface area contributed by atoms with E-state index in [1.165, 1.54) is 0 Å². The molecule has 100 valence electrons. The van der Waals surface area contributed by atoms with Crippen LogP contribution in [0.15, 0.2) is 0 Å². The molecule has 2 fully saturated rings. The predicted molar refractivity (Wildman–Crippen MR) is 60.9 cm³/mol. The second-order valence-electron chi connectivity index (χ2n) is 5.42. The molecule has 1 N–H and O–H groups in total. The molecule has 1 saturated carbocycles. The zero-order chi connectivity index (χ0) is 12.5. The van der Waals surface area contributed by atoms with Gasteiger partial charge in [0.15, 0.2) is 0 Å². The van der Waals surface area contributed by atoms with Crippen LogP contribution in [0.4, 0.5) is 13.2 Å². The van der Waals surface area contributed by atoms with Crippen LogP contribution in [0.1, 0.15) is 39.0 Å². The Hall–Kier alpha value is -0.290. The van der Waals surface area contributed by atoms with Crippen LogP contribution in [-0.4, -0.2) is 42.3 Å². The van der Waals surface area contributed by atoms with Gasteiger partial charge in [-0.3, -0.25) is 4.90 Å². The maximum Gasteiger partial charge on any atom is 0.401 e. The summed E-state index contributed by atoms with van der Waals surface area (Å²) in [6, 6.07) is 0.169. The minimum absolute atomic E-state index is 0.0756. The van der Waals surface area contributed by atoms with E-state index >= 15 is 0 Å². The highest BCUT2D eigenvalue weighted by Crippen LogP contribution is 2.33. The fourth-order valence-electron chi connectivity index (χ4n) is 2.79. The van der Waals surface area contributed by atoms with Gasteiger partial charge in [-0.1, -0.05) is 6.92 Å². The Labute approximate surface area is 101 Å². The summed E-state index contributed by atoms with van der Waals surface area (Å²) in [6.45, 7) is 2.81. The lowest BCUT2D eigenvalue weighted by molar-refractivity contribution is -0.149. The van der Waals surface area contributed by atoms with Gasteiger partial charge in [-0.15, -0.1) is 0 Å². The number of rotatable bonds is 5. The average Bonchev–Trinajstić information content (AvgIpc) is 2.98. The summed E-state index contributed by atoms with van der Waals surface area (Å²) < 4.78 is 37.6. The topological polar surface area (TPSA) is 15.3 Å². The van der Waals surface area contributed by atoms with E-state index in [4.69, 9.17) is 0 Å². The molecule has 0 amide bonds. The van der Waals surface area contributed by atoms with E-state index in [2.05, 4.69) is 12.2 Å². The highest BCUT2D eigenvalue weighted by Gasteiger charge is 2.42. The van der Waals surface area contributed by atoms with Crippen LogP contribution in [0.5, 0.6) is 0 Å². The van der Waals surface area contributed by atoms with Gasteiger partial charge in [0.05, 0.1) is 6.54 Å². The van der Waals surface area contributed by atoms with Gasteiger partial charge in [0.2, 0.25) is 0 Å². The fourth-order valence-corrected chi connectivity index (χ4v) is 2.79. The Morgan fingerprint density at radius 1 is 1.35 bits per heavy atom. The van der Waals surface area contributed by atoms with Crippen molar-refractivity contribution in [1.29, 1.82) is 0 Å². The highest BCUT2D eigenvalue weighted by atomic mass is 19.4. The third-order valence-electron chi connectivity index (χ3n) is 3.96. The first kappa shape index (κ1) is 13.1. The third-order valence-corrected chi connectivity index (χ3v) is 3.96. The molecular weight excluding hydrogens is 229 g/mol. The van der Waals surface area contributed by atoms with Crippen molar-refractivity contribution in [2.24, 2.45) is 0 Å². The number of nitrogens with one attached hydrogen (secondary N) is 1. The first-order chi connectivity index (χ1) is 7.94. The Morgan fingerprint density at radius 2 is 2.06 bits per heavy atom. The summed E-state index contributed by atoms with van der Waals surface area (Å²) in [6.07, 6.45) is 0.777. The van der Waals surface area contributed by atoms with Gasteiger partial charge in [0, 0.05) is 18.1 Å². The second-order valence-corrected chi connectivity index (χ2v) is 5.42. The van der Waals surface area contributed by atoms with E-state index < -0.39 is 12.7 Å². The number of hydrogen-bond donors (Lipinski definition) is 1. The SMILES string of the molecule is CCC1(CN(CC(F)(F)F)C2CC2)CCCN1. The molecule has 2 nitrogen and oxygen atoms in total. The zero-order valence-corrected chi connectivity index (χ0v) is 10.3. The highest BCUT2D eigenvalue weighted by molar-refractivity contribution is 4.98. The molecule has 5 heteroatoms.